The fourth-order valence-electron chi connectivity index (χ4n) is 2.16. The molecule has 0 aliphatic rings. The number of carbonyl (C=O) groups excluding carboxylic acids is 1. The van der Waals surface area contributed by atoms with Crippen molar-refractivity contribution in [3.8, 4) is 0 Å². The van der Waals surface area contributed by atoms with Gasteiger partial charge in [-0.3, -0.25) is 9.59 Å². The minimum Gasteiger partial charge on any atom is -0.481 e. The summed E-state index contributed by atoms with van der Waals surface area (Å²) in [7, 11) is 0. The number of rotatable bonds is 6. The molecule has 5 heteroatoms. The van der Waals surface area contributed by atoms with Crippen molar-refractivity contribution in [3.05, 3.63) is 30.5 Å². The minimum atomic E-state index is -0.966. The van der Waals surface area contributed by atoms with Gasteiger partial charge in [-0.15, -0.1) is 0 Å². The number of carboxylic acid groups (broad SMARTS) is 1. The molecule has 1 amide bonds. The maximum absolute atomic E-state index is 11.6. The van der Waals surface area contributed by atoms with E-state index in [2.05, 4.69) is 16.8 Å². The van der Waals surface area contributed by atoms with E-state index in [0.29, 0.717) is 5.69 Å². The Bertz CT molecular complexity index is 631. The molecule has 0 saturated carbocycles. The second-order valence-electron chi connectivity index (χ2n) is 4.72. The normalized spacial score (nSPS) is 10.7. The summed E-state index contributed by atoms with van der Waals surface area (Å²) in [6, 6.07) is 7.73. The van der Waals surface area contributed by atoms with Crippen LogP contribution in [0.2, 0.25) is 0 Å². The molecule has 2 aromatic rings. The van der Waals surface area contributed by atoms with E-state index < -0.39 is 5.97 Å². The lowest BCUT2D eigenvalue weighted by Crippen LogP contribution is -2.13. The predicted octanol–water partition coefficient (Wildman–Crippen LogP) is 2.85. The van der Waals surface area contributed by atoms with E-state index >= 15 is 0 Å². The maximum Gasteiger partial charge on any atom is 0.303 e. The van der Waals surface area contributed by atoms with Crippen LogP contribution in [0, 0.1) is 0 Å². The van der Waals surface area contributed by atoms with Gasteiger partial charge < -0.3 is 15.0 Å². The van der Waals surface area contributed by atoms with Gasteiger partial charge in [0.2, 0.25) is 5.91 Å². The highest BCUT2D eigenvalue weighted by atomic mass is 16.4. The molecule has 0 atom stereocenters. The fourth-order valence-corrected chi connectivity index (χ4v) is 2.16. The molecule has 2 rings (SSSR count). The zero-order chi connectivity index (χ0) is 14.5. The fraction of sp³-hybridized carbons (Fsp3) is 0.333. The number of carbonyl (C=O) groups is 2. The lowest BCUT2D eigenvalue weighted by atomic mass is 10.2. The van der Waals surface area contributed by atoms with Gasteiger partial charge in [-0.2, -0.15) is 0 Å². The molecule has 5 nitrogen and oxygen atoms in total. The Labute approximate surface area is 117 Å². The first-order valence-corrected chi connectivity index (χ1v) is 6.70. The number of aromatic nitrogens is 1. The van der Waals surface area contributed by atoms with Gasteiger partial charge in [0.15, 0.2) is 0 Å². The number of hydrogen-bond acceptors (Lipinski definition) is 2. The average molecular weight is 274 g/mol. The van der Waals surface area contributed by atoms with Crippen LogP contribution in [0.15, 0.2) is 30.5 Å². The van der Waals surface area contributed by atoms with Gasteiger partial charge in [-0.1, -0.05) is 6.92 Å². The Morgan fingerprint density at radius 1 is 1.25 bits per heavy atom. The smallest absolute Gasteiger partial charge is 0.303 e. The first-order valence-electron chi connectivity index (χ1n) is 6.70. The van der Waals surface area contributed by atoms with E-state index in [9.17, 15) is 9.59 Å². The molecule has 0 unspecified atom stereocenters. The molecule has 2 N–H and O–H groups in total. The second-order valence-corrected chi connectivity index (χ2v) is 4.72. The number of benzene rings is 1. The third-order valence-corrected chi connectivity index (χ3v) is 3.09. The Morgan fingerprint density at radius 2 is 2.05 bits per heavy atom. The van der Waals surface area contributed by atoms with Crippen molar-refractivity contribution in [2.75, 3.05) is 5.32 Å². The summed E-state index contributed by atoms with van der Waals surface area (Å²) in [5, 5.41) is 12.3. The van der Waals surface area contributed by atoms with E-state index in [-0.39, 0.29) is 18.7 Å². The number of fused-ring (bicyclic) bond motifs is 1. The molecule has 0 spiro atoms. The number of nitrogens with one attached hydrogen (secondary N) is 1. The first-order chi connectivity index (χ1) is 9.60. The summed E-state index contributed by atoms with van der Waals surface area (Å²) in [6.07, 6.45) is 2.94. The molecule has 20 heavy (non-hydrogen) atoms. The Kier molecular flexibility index (Phi) is 4.40. The zero-order valence-corrected chi connectivity index (χ0v) is 11.4. The van der Waals surface area contributed by atoms with Crippen LogP contribution < -0.4 is 5.32 Å². The van der Waals surface area contributed by atoms with E-state index in [1.54, 1.807) is 0 Å². The van der Waals surface area contributed by atoms with Crippen LogP contribution in [0.4, 0.5) is 5.69 Å². The van der Waals surface area contributed by atoms with Crippen molar-refractivity contribution in [2.24, 2.45) is 0 Å². The average Bonchev–Trinajstić information content (AvgIpc) is 2.80. The maximum atomic E-state index is 11.6. The third-order valence-electron chi connectivity index (χ3n) is 3.09. The highest BCUT2D eigenvalue weighted by Crippen LogP contribution is 2.21. The van der Waals surface area contributed by atoms with Crippen LogP contribution >= 0.6 is 0 Å². The number of hydrogen-bond donors (Lipinski definition) is 2. The summed E-state index contributed by atoms with van der Waals surface area (Å²) >= 11 is 0. The molecule has 1 aromatic carbocycles. The van der Waals surface area contributed by atoms with Crippen LogP contribution in [-0.4, -0.2) is 21.6 Å². The van der Waals surface area contributed by atoms with Crippen molar-refractivity contribution in [1.82, 2.24) is 4.57 Å². The SMILES string of the molecule is CCCn1ccc2cc(NC(=O)CCC(=O)O)ccc21. The molecule has 0 aliphatic carbocycles. The van der Waals surface area contributed by atoms with Crippen molar-refractivity contribution in [3.63, 3.8) is 0 Å². The van der Waals surface area contributed by atoms with E-state index in [1.165, 1.54) is 0 Å². The standard InChI is InChI=1S/C15H18N2O3/c1-2-8-17-9-7-11-10-12(3-4-13(11)17)16-14(18)5-6-15(19)20/h3-4,7,9-10H,2,5-6,8H2,1H3,(H,16,18)(H,19,20). The van der Waals surface area contributed by atoms with Crippen molar-refractivity contribution in [2.45, 2.75) is 32.7 Å². The first kappa shape index (κ1) is 14.1. The molecule has 0 radical (unpaired) electrons. The van der Waals surface area contributed by atoms with Gasteiger partial charge in [0.1, 0.15) is 0 Å². The Balaban J connectivity index is 2.08. The van der Waals surface area contributed by atoms with Crippen LogP contribution in [0.25, 0.3) is 10.9 Å². The second kappa shape index (κ2) is 6.23. The van der Waals surface area contributed by atoms with Gasteiger partial charge in [0.25, 0.3) is 0 Å². The largest absolute Gasteiger partial charge is 0.481 e. The summed E-state index contributed by atoms with van der Waals surface area (Å²) < 4.78 is 2.17. The van der Waals surface area contributed by atoms with E-state index in [1.807, 2.05) is 30.5 Å². The number of carboxylic acids is 1. The molecular weight excluding hydrogens is 256 g/mol. The van der Waals surface area contributed by atoms with Gasteiger partial charge in [0.05, 0.1) is 6.42 Å². The minimum absolute atomic E-state index is 0.00971. The van der Waals surface area contributed by atoms with Gasteiger partial charge in [-0.05, 0) is 30.7 Å². The van der Waals surface area contributed by atoms with Crippen LogP contribution in [-0.2, 0) is 16.1 Å². The van der Waals surface area contributed by atoms with Gasteiger partial charge in [0, 0.05) is 35.8 Å². The topological polar surface area (TPSA) is 71.3 Å². The van der Waals surface area contributed by atoms with Crippen molar-refractivity contribution < 1.29 is 14.7 Å². The van der Waals surface area contributed by atoms with Crippen molar-refractivity contribution >= 4 is 28.5 Å². The molecule has 0 fully saturated rings. The number of nitrogens with zero attached hydrogens (tertiary/aromatic N) is 1. The third kappa shape index (κ3) is 3.38. The quantitative estimate of drug-likeness (QED) is 0.850. The Hall–Kier alpha value is -2.30. The molecular formula is C15H18N2O3. The zero-order valence-electron chi connectivity index (χ0n) is 11.4. The van der Waals surface area contributed by atoms with E-state index in [0.717, 1.165) is 23.9 Å². The number of amides is 1. The summed E-state index contributed by atoms with van der Waals surface area (Å²) in [4.78, 5) is 22.0. The lowest BCUT2D eigenvalue weighted by molar-refractivity contribution is -0.138. The lowest BCUT2D eigenvalue weighted by Gasteiger charge is -2.06. The van der Waals surface area contributed by atoms with Crippen molar-refractivity contribution in [1.29, 1.82) is 0 Å². The van der Waals surface area contributed by atoms with Crippen LogP contribution in [0.3, 0.4) is 0 Å². The molecule has 0 aliphatic heterocycles. The number of aliphatic carboxylic acids is 1. The monoisotopic (exact) mass is 274 g/mol. The highest BCUT2D eigenvalue weighted by Gasteiger charge is 2.07. The Morgan fingerprint density at radius 3 is 2.75 bits per heavy atom. The van der Waals surface area contributed by atoms with Gasteiger partial charge >= 0.3 is 5.97 Å². The van der Waals surface area contributed by atoms with Crippen LogP contribution in [0.5, 0.6) is 0 Å². The number of anilines is 1. The molecule has 1 heterocycles. The van der Waals surface area contributed by atoms with Gasteiger partial charge in [-0.25, -0.2) is 0 Å². The molecule has 0 bridgehead atoms. The number of aryl methyl sites for hydroxylation is 1. The van der Waals surface area contributed by atoms with E-state index in [4.69, 9.17) is 5.11 Å². The summed E-state index contributed by atoms with van der Waals surface area (Å²) in [5.74, 6) is -1.24. The molecule has 0 saturated heterocycles. The van der Waals surface area contributed by atoms with Crippen LogP contribution in [0.1, 0.15) is 26.2 Å². The predicted molar refractivity (Wildman–Crippen MR) is 77.7 cm³/mol. The molecule has 1 aromatic heterocycles. The summed E-state index contributed by atoms with van der Waals surface area (Å²) in [6.45, 7) is 3.09. The molecule has 106 valence electrons. The summed E-state index contributed by atoms with van der Waals surface area (Å²) in [5.41, 5.74) is 1.83. The highest BCUT2D eigenvalue weighted by molar-refractivity contribution is 5.95.